The molecule has 3 N–H and O–H groups in total. The summed E-state index contributed by atoms with van der Waals surface area (Å²) < 4.78 is 0. The average Bonchev–Trinajstić information content (AvgIpc) is 2.77. The van der Waals surface area contributed by atoms with E-state index in [2.05, 4.69) is 29.0 Å². The summed E-state index contributed by atoms with van der Waals surface area (Å²) in [7, 11) is 0. The van der Waals surface area contributed by atoms with Gasteiger partial charge in [0.1, 0.15) is 0 Å². The lowest BCUT2D eigenvalue weighted by Crippen LogP contribution is -2.30. The molecule has 0 saturated carbocycles. The highest BCUT2D eigenvalue weighted by molar-refractivity contribution is 5.69. The van der Waals surface area contributed by atoms with Crippen LogP contribution in [-0.4, -0.2) is 15.1 Å². The monoisotopic (exact) mass is 402 g/mol. The molecule has 0 amide bonds. The van der Waals surface area contributed by atoms with Crippen LogP contribution < -0.4 is 11.2 Å². The molecule has 5 heteroatoms. The molecule has 0 radical (unpaired) electrons. The molecule has 1 aliphatic rings. The van der Waals surface area contributed by atoms with E-state index in [1.807, 2.05) is 42.5 Å². The highest BCUT2D eigenvalue weighted by atomic mass is 16.3. The van der Waals surface area contributed by atoms with Crippen LogP contribution in [0, 0.1) is 6.92 Å². The molecule has 1 atom stereocenters. The van der Waals surface area contributed by atoms with E-state index < -0.39 is 5.69 Å². The number of aromatic amines is 2. The summed E-state index contributed by atoms with van der Waals surface area (Å²) in [6, 6.07) is 15.9. The van der Waals surface area contributed by atoms with Gasteiger partial charge in [0.05, 0.1) is 6.61 Å². The van der Waals surface area contributed by atoms with Gasteiger partial charge in [-0.3, -0.25) is 9.78 Å². The third kappa shape index (κ3) is 4.21. The van der Waals surface area contributed by atoms with Crippen molar-refractivity contribution in [3.05, 3.63) is 109 Å². The van der Waals surface area contributed by atoms with E-state index in [1.165, 1.54) is 16.7 Å². The fraction of sp³-hybridized carbons (Fsp3) is 0.280. The van der Waals surface area contributed by atoms with Gasteiger partial charge in [0, 0.05) is 23.6 Å². The van der Waals surface area contributed by atoms with Gasteiger partial charge in [-0.1, -0.05) is 48.5 Å². The first-order valence-electron chi connectivity index (χ1n) is 10.3. The zero-order chi connectivity index (χ0) is 21.1. The van der Waals surface area contributed by atoms with Gasteiger partial charge in [0.15, 0.2) is 0 Å². The van der Waals surface area contributed by atoms with Gasteiger partial charge in [0.25, 0.3) is 5.56 Å². The highest BCUT2D eigenvalue weighted by Crippen LogP contribution is 2.37. The Kier molecular flexibility index (Phi) is 5.81. The first-order chi connectivity index (χ1) is 14.5. The van der Waals surface area contributed by atoms with Crippen LogP contribution in [-0.2, 0) is 13.0 Å². The van der Waals surface area contributed by atoms with Gasteiger partial charge in [-0.05, 0) is 60.1 Å². The Hall–Kier alpha value is -3.18. The second kappa shape index (κ2) is 8.67. The number of aryl methyl sites for hydroxylation is 1. The molecule has 0 spiro atoms. The minimum Gasteiger partial charge on any atom is -0.392 e. The van der Waals surface area contributed by atoms with Crippen LogP contribution in [0.25, 0.3) is 5.57 Å². The van der Waals surface area contributed by atoms with Gasteiger partial charge in [-0.15, -0.1) is 0 Å². The van der Waals surface area contributed by atoms with Crippen molar-refractivity contribution in [2.75, 3.05) is 0 Å². The number of hydrogen-bond donors (Lipinski definition) is 3. The van der Waals surface area contributed by atoms with Gasteiger partial charge in [-0.2, -0.15) is 0 Å². The number of hydrogen-bond acceptors (Lipinski definition) is 3. The molecular weight excluding hydrogens is 376 g/mol. The zero-order valence-electron chi connectivity index (χ0n) is 17.1. The second-order valence-electron chi connectivity index (χ2n) is 7.97. The van der Waals surface area contributed by atoms with Crippen molar-refractivity contribution in [2.24, 2.45) is 0 Å². The van der Waals surface area contributed by atoms with Crippen molar-refractivity contribution >= 4 is 5.57 Å². The number of H-pyrrole nitrogens is 2. The molecule has 5 nitrogen and oxygen atoms in total. The van der Waals surface area contributed by atoms with E-state index in [-0.39, 0.29) is 18.1 Å². The van der Waals surface area contributed by atoms with E-state index in [4.69, 9.17) is 0 Å². The number of aromatic nitrogens is 2. The summed E-state index contributed by atoms with van der Waals surface area (Å²) >= 11 is 0. The Morgan fingerprint density at radius 2 is 1.83 bits per heavy atom. The van der Waals surface area contributed by atoms with Crippen molar-refractivity contribution in [1.29, 1.82) is 0 Å². The molecule has 4 rings (SSSR count). The summed E-state index contributed by atoms with van der Waals surface area (Å²) in [6.07, 6.45) is 5.19. The Morgan fingerprint density at radius 1 is 1.03 bits per heavy atom. The lowest BCUT2D eigenvalue weighted by molar-refractivity contribution is 0.282. The predicted molar refractivity (Wildman–Crippen MR) is 119 cm³/mol. The van der Waals surface area contributed by atoms with Crippen molar-refractivity contribution in [3.8, 4) is 0 Å². The molecular formula is C25H26N2O3. The molecule has 0 aliphatic heterocycles. The van der Waals surface area contributed by atoms with Crippen molar-refractivity contribution in [3.63, 3.8) is 0 Å². The first-order valence-corrected chi connectivity index (χ1v) is 10.3. The minimum atomic E-state index is -0.451. The highest BCUT2D eigenvalue weighted by Gasteiger charge is 2.23. The first kappa shape index (κ1) is 20.1. The Balaban J connectivity index is 1.65. The molecule has 154 valence electrons. The molecule has 0 saturated heterocycles. The van der Waals surface area contributed by atoms with E-state index in [0.29, 0.717) is 12.0 Å². The van der Waals surface area contributed by atoms with Gasteiger partial charge in [0.2, 0.25) is 0 Å². The summed E-state index contributed by atoms with van der Waals surface area (Å²) in [6.45, 7) is 2.11. The third-order valence-corrected chi connectivity index (χ3v) is 5.95. The minimum absolute atomic E-state index is 0.0278. The smallest absolute Gasteiger partial charge is 0.325 e. The summed E-state index contributed by atoms with van der Waals surface area (Å²) in [5.41, 5.74) is 6.20. The van der Waals surface area contributed by atoms with Gasteiger partial charge in [-0.25, -0.2) is 4.79 Å². The maximum absolute atomic E-state index is 12.6. The maximum atomic E-state index is 12.6. The maximum Gasteiger partial charge on any atom is 0.325 e. The molecule has 30 heavy (non-hydrogen) atoms. The van der Waals surface area contributed by atoms with Crippen LogP contribution in [0.2, 0.25) is 0 Å². The van der Waals surface area contributed by atoms with Crippen LogP contribution in [0.15, 0.2) is 64.2 Å². The molecule has 1 unspecified atom stereocenters. The fourth-order valence-corrected chi connectivity index (χ4v) is 4.31. The Bertz CT molecular complexity index is 1190. The van der Waals surface area contributed by atoms with Crippen molar-refractivity contribution in [1.82, 2.24) is 9.97 Å². The molecule has 1 aromatic heterocycles. The summed E-state index contributed by atoms with van der Waals surface area (Å²) in [5.74, 6) is 0.101. The standard InChI is InChI=1S/C25H26N2O3/c1-16-7-8-18(15-28)14-21(16)19-9-11-20(12-10-19)23-22(24(29)27-25(30)26-23)13-17-5-3-2-4-6-17/h2-9,14,20,28H,10-13,15H2,1H3,(H2,26,27,29,30). The molecule has 3 aromatic rings. The zero-order valence-corrected chi connectivity index (χ0v) is 17.1. The average molecular weight is 402 g/mol. The van der Waals surface area contributed by atoms with Crippen molar-refractivity contribution in [2.45, 2.75) is 45.1 Å². The topological polar surface area (TPSA) is 85.9 Å². The van der Waals surface area contributed by atoms with Crippen LogP contribution >= 0.6 is 0 Å². The normalized spacial score (nSPS) is 16.3. The third-order valence-electron chi connectivity index (χ3n) is 5.95. The van der Waals surface area contributed by atoms with Crippen molar-refractivity contribution < 1.29 is 5.11 Å². The van der Waals surface area contributed by atoms with Gasteiger partial charge >= 0.3 is 5.69 Å². The second-order valence-corrected chi connectivity index (χ2v) is 7.97. The quantitative estimate of drug-likeness (QED) is 0.607. The lowest BCUT2D eigenvalue weighted by Gasteiger charge is -2.24. The van der Waals surface area contributed by atoms with E-state index in [1.54, 1.807) is 0 Å². The summed E-state index contributed by atoms with van der Waals surface area (Å²) in [5, 5.41) is 9.46. The van der Waals surface area contributed by atoms with E-state index in [0.717, 1.165) is 36.1 Å². The Morgan fingerprint density at radius 3 is 2.53 bits per heavy atom. The predicted octanol–water partition coefficient (Wildman–Crippen LogP) is 3.81. The number of nitrogens with one attached hydrogen (secondary N) is 2. The molecule has 0 bridgehead atoms. The molecule has 1 heterocycles. The van der Waals surface area contributed by atoms with E-state index >= 15 is 0 Å². The fourth-order valence-electron chi connectivity index (χ4n) is 4.31. The Labute approximate surface area is 175 Å². The largest absolute Gasteiger partial charge is 0.392 e. The van der Waals surface area contributed by atoms with Crippen LogP contribution in [0.5, 0.6) is 0 Å². The molecule has 1 aliphatic carbocycles. The number of aliphatic hydroxyl groups excluding tert-OH is 1. The lowest BCUT2D eigenvalue weighted by atomic mass is 9.82. The number of allylic oxidation sites excluding steroid dienone is 2. The SMILES string of the molecule is Cc1ccc(CO)cc1C1=CCC(c2[nH]c(=O)[nH]c(=O)c2Cc2ccccc2)CC1. The number of rotatable bonds is 5. The molecule has 2 aromatic carbocycles. The van der Waals surface area contributed by atoms with Crippen LogP contribution in [0.1, 0.15) is 58.7 Å². The molecule has 0 fully saturated rings. The van der Waals surface area contributed by atoms with Gasteiger partial charge < -0.3 is 10.1 Å². The van der Waals surface area contributed by atoms with Crippen LogP contribution in [0.4, 0.5) is 0 Å². The van der Waals surface area contributed by atoms with E-state index in [9.17, 15) is 14.7 Å². The number of aliphatic hydroxyl groups is 1. The summed E-state index contributed by atoms with van der Waals surface area (Å²) in [4.78, 5) is 29.9. The van der Waals surface area contributed by atoms with Crippen LogP contribution in [0.3, 0.4) is 0 Å². The number of benzene rings is 2.